The van der Waals surface area contributed by atoms with Crippen molar-refractivity contribution in [3.63, 3.8) is 0 Å². The first-order valence-corrected chi connectivity index (χ1v) is 13.9. The van der Waals surface area contributed by atoms with Crippen LogP contribution >= 0.6 is 0 Å². The summed E-state index contributed by atoms with van der Waals surface area (Å²) < 4.78 is 12.9. The van der Waals surface area contributed by atoms with Crippen molar-refractivity contribution in [2.24, 2.45) is 0 Å². The highest BCUT2D eigenvalue weighted by Crippen LogP contribution is 2.42. The summed E-state index contributed by atoms with van der Waals surface area (Å²) in [7, 11) is 0. The maximum absolute atomic E-state index is 6.46. The molecule has 0 saturated heterocycles. The Morgan fingerprint density at radius 3 is 1.74 bits per heavy atom. The third-order valence-electron chi connectivity index (χ3n) is 7.92. The Balaban J connectivity index is 1.28. The fraction of sp³-hybridized carbons (Fsp3) is 0. The van der Waals surface area contributed by atoms with E-state index in [9.17, 15) is 0 Å². The van der Waals surface area contributed by atoms with Gasteiger partial charge in [0.2, 0.25) is 0 Å². The monoisotopic (exact) mass is 539 g/mol. The zero-order chi connectivity index (χ0) is 27.6. The molecule has 0 bridgehead atoms. The highest BCUT2D eigenvalue weighted by atomic mass is 16.3. The maximum atomic E-state index is 6.46. The van der Waals surface area contributed by atoms with E-state index in [1.807, 2.05) is 91.0 Å². The Hall–Kier alpha value is -5.81. The molecule has 5 nitrogen and oxygen atoms in total. The van der Waals surface area contributed by atoms with Gasteiger partial charge in [0.25, 0.3) is 0 Å². The molecule has 0 aliphatic carbocycles. The van der Waals surface area contributed by atoms with E-state index in [2.05, 4.69) is 36.4 Å². The number of para-hydroxylation sites is 1. The summed E-state index contributed by atoms with van der Waals surface area (Å²) in [6.07, 6.45) is 0. The summed E-state index contributed by atoms with van der Waals surface area (Å²) in [5.41, 5.74) is 6.07. The van der Waals surface area contributed by atoms with Crippen LogP contribution in [0.2, 0.25) is 0 Å². The Morgan fingerprint density at radius 2 is 1.00 bits per heavy atom. The van der Waals surface area contributed by atoms with E-state index in [0.29, 0.717) is 17.5 Å². The lowest BCUT2D eigenvalue weighted by Crippen LogP contribution is -2.00. The minimum Gasteiger partial charge on any atom is -0.456 e. The van der Waals surface area contributed by atoms with Crippen molar-refractivity contribution in [2.75, 3.05) is 0 Å². The minimum absolute atomic E-state index is 0.592. The van der Waals surface area contributed by atoms with Gasteiger partial charge < -0.3 is 8.83 Å². The Kier molecular flexibility index (Phi) is 4.83. The van der Waals surface area contributed by atoms with Crippen molar-refractivity contribution in [1.82, 2.24) is 15.0 Å². The molecule has 0 amide bonds. The smallest absolute Gasteiger partial charge is 0.164 e. The van der Waals surface area contributed by atoms with Gasteiger partial charge in [-0.05, 0) is 35.7 Å². The van der Waals surface area contributed by atoms with Crippen molar-refractivity contribution >= 4 is 54.6 Å². The highest BCUT2D eigenvalue weighted by molar-refractivity contribution is 6.28. The lowest BCUT2D eigenvalue weighted by Gasteiger charge is -2.08. The Labute approximate surface area is 239 Å². The third kappa shape index (κ3) is 3.47. The van der Waals surface area contributed by atoms with E-state index in [0.717, 1.165) is 71.3 Å². The van der Waals surface area contributed by atoms with E-state index in [1.165, 1.54) is 0 Å². The van der Waals surface area contributed by atoms with Crippen LogP contribution < -0.4 is 0 Å². The number of fused-ring (bicyclic) bond motifs is 9. The maximum Gasteiger partial charge on any atom is 0.164 e. The molecular formula is C37H21N3O2. The zero-order valence-electron chi connectivity index (χ0n) is 22.3. The Bertz CT molecular complexity index is 2400. The lowest BCUT2D eigenvalue weighted by atomic mass is 10.0. The Morgan fingerprint density at radius 1 is 0.381 bits per heavy atom. The second-order valence-corrected chi connectivity index (χ2v) is 10.4. The van der Waals surface area contributed by atoms with Gasteiger partial charge in [-0.1, -0.05) is 97.1 Å². The first-order valence-electron chi connectivity index (χ1n) is 13.9. The molecule has 5 heteroatoms. The number of benzene rings is 6. The average molecular weight is 540 g/mol. The van der Waals surface area contributed by atoms with Gasteiger partial charge in [0.1, 0.15) is 22.3 Å². The zero-order valence-corrected chi connectivity index (χ0v) is 22.3. The molecule has 3 heterocycles. The summed E-state index contributed by atoms with van der Waals surface area (Å²) in [5.74, 6) is 1.85. The number of furan rings is 2. The number of hydrogen-bond acceptors (Lipinski definition) is 5. The van der Waals surface area contributed by atoms with E-state index < -0.39 is 0 Å². The van der Waals surface area contributed by atoms with Crippen molar-refractivity contribution in [3.8, 4) is 34.2 Å². The quantitative estimate of drug-likeness (QED) is 0.224. The van der Waals surface area contributed by atoms with Crippen molar-refractivity contribution in [3.05, 3.63) is 127 Å². The molecule has 0 N–H and O–H groups in total. The van der Waals surface area contributed by atoms with Gasteiger partial charge in [-0.3, -0.25) is 0 Å². The second kappa shape index (κ2) is 8.85. The molecule has 9 rings (SSSR count). The van der Waals surface area contributed by atoms with Crippen LogP contribution in [-0.2, 0) is 0 Å². The molecule has 0 radical (unpaired) electrons. The number of aromatic nitrogens is 3. The predicted octanol–water partition coefficient (Wildman–Crippen LogP) is 9.82. The van der Waals surface area contributed by atoms with E-state index in [-0.39, 0.29) is 0 Å². The van der Waals surface area contributed by atoms with Crippen LogP contribution in [0.25, 0.3) is 88.8 Å². The summed E-state index contributed by atoms with van der Waals surface area (Å²) in [6.45, 7) is 0. The van der Waals surface area contributed by atoms with Gasteiger partial charge in [0, 0.05) is 43.6 Å². The molecule has 9 aromatic rings. The minimum atomic E-state index is 0.592. The van der Waals surface area contributed by atoms with Gasteiger partial charge in [-0.25, -0.2) is 15.0 Å². The fourth-order valence-electron chi connectivity index (χ4n) is 5.93. The molecule has 0 unspecified atom stereocenters. The molecule has 0 aliphatic heterocycles. The molecule has 0 saturated carbocycles. The van der Waals surface area contributed by atoms with E-state index in [1.54, 1.807) is 0 Å². The third-order valence-corrected chi connectivity index (χ3v) is 7.92. The molecule has 0 atom stereocenters. The van der Waals surface area contributed by atoms with Crippen LogP contribution in [0.3, 0.4) is 0 Å². The summed E-state index contributed by atoms with van der Waals surface area (Å²) in [6, 6.07) is 42.8. The SMILES string of the molecule is c1ccc(-c2nc(-c3ccccc3)nc(-c3ccc4c(c3)oc3ccc5ccc6c7ccccc7oc6c5c34)n2)cc1. The molecule has 196 valence electrons. The van der Waals surface area contributed by atoms with Crippen molar-refractivity contribution in [1.29, 1.82) is 0 Å². The van der Waals surface area contributed by atoms with Crippen molar-refractivity contribution in [2.45, 2.75) is 0 Å². The molecular weight excluding hydrogens is 518 g/mol. The van der Waals surface area contributed by atoms with E-state index in [4.69, 9.17) is 23.8 Å². The van der Waals surface area contributed by atoms with Crippen LogP contribution in [0, 0.1) is 0 Å². The largest absolute Gasteiger partial charge is 0.456 e. The molecule has 0 aliphatic rings. The number of rotatable bonds is 3. The van der Waals surface area contributed by atoms with Crippen LogP contribution in [0.15, 0.2) is 136 Å². The highest BCUT2D eigenvalue weighted by Gasteiger charge is 2.18. The van der Waals surface area contributed by atoms with Gasteiger partial charge >= 0.3 is 0 Å². The molecule has 3 aromatic heterocycles. The van der Waals surface area contributed by atoms with Gasteiger partial charge in [-0.15, -0.1) is 0 Å². The first kappa shape index (κ1) is 22.9. The van der Waals surface area contributed by atoms with Gasteiger partial charge in [-0.2, -0.15) is 0 Å². The van der Waals surface area contributed by atoms with Crippen LogP contribution in [0.4, 0.5) is 0 Å². The van der Waals surface area contributed by atoms with Crippen LogP contribution in [0.5, 0.6) is 0 Å². The van der Waals surface area contributed by atoms with Crippen molar-refractivity contribution < 1.29 is 8.83 Å². The molecule has 0 fully saturated rings. The predicted molar refractivity (Wildman–Crippen MR) is 168 cm³/mol. The molecule has 6 aromatic carbocycles. The van der Waals surface area contributed by atoms with Gasteiger partial charge in [0.05, 0.1) is 0 Å². The molecule has 0 spiro atoms. The second-order valence-electron chi connectivity index (χ2n) is 10.4. The van der Waals surface area contributed by atoms with Gasteiger partial charge in [0.15, 0.2) is 17.5 Å². The lowest BCUT2D eigenvalue weighted by molar-refractivity contribution is 0.668. The molecule has 42 heavy (non-hydrogen) atoms. The number of hydrogen-bond donors (Lipinski definition) is 0. The number of nitrogens with zero attached hydrogens (tertiary/aromatic N) is 3. The summed E-state index contributed by atoms with van der Waals surface area (Å²) >= 11 is 0. The van der Waals surface area contributed by atoms with Crippen LogP contribution in [-0.4, -0.2) is 15.0 Å². The summed E-state index contributed by atoms with van der Waals surface area (Å²) in [4.78, 5) is 14.6. The topological polar surface area (TPSA) is 65.0 Å². The van der Waals surface area contributed by atoms with E-state index >= 15 is 0 Å². The summed E-state index contributed by atoms with van der Waals surface area (Å²) in [5, 5.41) is 6.45. The first-order chi connectivity index (χ1) is 20.8. The normalized spacial score (nSPS) is 11.8. The fourth-order valence-corrected chi connectivity index (χ4v) is 5.93. The standard InChI is InChI=1S/C37H21N3O2/c1-3-9-23(10-4-1)35-38-36(24-11-5-2-6-12-24)40-37(39-35)25-16-19-28-31(21-25)41-30-20-17-22-15-18-27-26-13-7-8-14-29(26)42-34(27)32(22)33(28)30/h1-21H. The average Bonchev–Trinajstić information content (AvgIpc) is 3.63. The van der Waals surface area contributed by atoms with Crippen LogP contribution in [0.1, 0.15) is 0 Å².